The summed E-state index contributed by atoms with van der Waals surface area (Å²) in [7, 11) is -1.49. The molecule has 190 valence electrons. The molecule has 0 radical (unpaired) electrons. The van der Waals surface area contributed by atoms with Crippen molar-refractivity contribution in [2.24, 2.45) is 5.92 Å². The Morgan fingerprint density at radius 3 is 2.26 bits per heavy atom. The Morgan fingerprint density at radius 1 is 0.711 bits per heavy atom. The summed E-state index contributed by atoms with van der Waals surface area (Å²) in [6.07, 6.45) is 19.1. The fraction of sp³-hybridized carbons (Fsp3) is 0.294. The van der Waals surface area contributed by atoms with E-state index in [0.29, 0.717) is 11.8 Å². The molecule has 3 aliphatic carbocycles. The van der Waals surface area contributed by atoms with Crippen LogP contribution in [0.15, 0.2) is 75.1 Å². The fourth-order valence-electron chi connectivity index (χ4n) is 7.19. The fourth-order valence-corrected chi connectivity index (χ4v) is 8.76. The van der Waals surface area contributed by atoms with E-state index in [0.717, 1.165) is 29.1 Å². The summed E-state index contributed by atoms with van der Waals surface area (Å²) in [5, 5.41) is 1.36. The van der Waals surface area contributed by atoms with Crippen LogP contribution in [0.5, 0.6) is 0 Å². The lowest BCUT2D eigenvalue weighted by molar-refractivity contribution is 0.356. The molecule has 0 amide bonds. The minimum atomic E-state index is -1.49. The molecule has 4 aliphatic rings. The highest BCUT2D eigenvalue weighted by Gasteiger charge is 2.34. The lowest BCUT2D eigenvalue weighted by Gasteiger charge is -2.33. The van der Waals surface area contributed by atoms with E-state index in [2.05, 4.69) is 89.6 Å². The summed E-state index contributed by atoms with van der Waals surface area (Å²) < 4.78 is 16.5. The second kappa shape index (κ2) is 9.10. The van der Waals surface area contributed by atoms with Crippen molar-refractivity contribution in [3.8, 4) is 0 Å². The van der Waals surface area contributed by atoms with E-state index in [1.165, 1.54) is 78.1 Å². The van der Waals surface area contributed by atoms with E-state index in [-0.39, 0.29) is 0 Å². The minimum absolute atomic E-state index is 0.514. The molecule has 1 aromatic heterocycles. The van der Waals surface area contributed by atoms with Crippen LogP contribution in [0.2, 0.25) is 0 Å². The number of aryl methyl sites for hydroxylation is 2. The summed E-state index contributed by atoms with van der Waals surface area (Å²) in [6.45, 7) is 0. The van der Waals surface area contributed by atoms with Crippen LogP contribution in [-0.4, -0.2) is 0 Å². The average Bonchev–Trinajstić information content (AvgIpc) is 3.25. The van der Waals surface area contributed by atoms with Crippen molar-refractivity contribution in [1.29, 1.82) is 0 Å². The van der Waals surface area contributed by atoms with Gasteiger partial charge in [0.15, 0.2) is 0 Å². The highest BCUT2D eigenvalue weighted by molar-refractivity contribution is 7.40. The van der Waals surface area contributed by atoms with Crippen LogP contribution in [0.4, 0.5) is 11.4 Å². The van der Waals surface area contributed by atoms with E-state index < -0.39 is 8.16 Å². The third-order valence-corrected chi connectivity index (χ3v) is 10.5. The molecule has 3 atom stereocenters. The van der Waals surface area contributed by atoms with E-state index in [4.69, 9.17) is 8.39 Å². The standard InChI is InChI=1S/C34H32NO2P/c1-5-13-27-23(9-1)19-21-31-33(27)34-28-14-6-2-10-24(28)20-22-32(34)37-38(36-31)35-29-15-7-3-11-25(29)17-18-26-12-4-8-16-30(26)35/h3-4,7-8,11-12,15-23,27H,1-2,5-6,9-10,13-14H2. The zero-order valence-electron chi connectivity index (χ0n) is 21.6. The van der Waals surface area contributed by atoms with Crippen LogP contribution < -0.4 is 4.67 Å². The van der Waals surface area contributed by atoms with Crippen molar-refractivity contribution >= 4 is 48.7 Å². The maximum atomic E-state index is 7.08. The molecule has 3 unspecified atom stereocenters. The Bertz CT molecular complexity index is 1610. The molecular weight excluding hydrogens is 485 g/mol. The monoisotopic (exact) mass is 517 g/mol. The van der Waals surface area contributed by atoms with Crippen molar-refractivity contribution in [2.75, 3.05) is 4.67 Å². The molecule has 4 heteroatoms. The molecule has 38 heavy (non-hydrogen) atoms. The molecule has 0 bridgehead atoms. The quantitative estimate of drug-likeness (QED) is 0.221. The van der Waals surface area contributed by atoms with Gasteiger partial charge in [0.05, 0.1) is 11.4 Å². The minimum Gasteiger partial charge on any atom is -0.404 e. The first-order valence-corrected chi connectivity index (χ1v) is 15.4. The molecule has 8 rings (SSSR count). The number of anilines is 2. The van der Waals surface area contributed by atoms with Gasteiger partial charge in [-0.3, -0.25) is 0 Å². The van der Waals surface area contributed by atoms with E-state index >= 15 is 0 Å². The molecule has 4 aromatic rings. The Hall–Kier alpha value is -3.42. The van der Waals surface area contributed by atoms with Gasteiger partial charge in [-0.05, 0) is 96.9 Å². The van der Waals surface area contributed by atoms with Crippen LogP contribution in [0.3, 0.4) is 0 Å². The topological polar surface area (TPSA) is 29.5 Å². The van der Waals surface area contributed by atoms with Crippen LogP contribution >= 0.6 is 8.16 Å². The van der Waals surface area contributed by atoms with Gasteiger partial charge in [-0.1, -0.05) is 73.5 Å². The summed E-state index contributed by atoms with van der Waals surface area (Å²) in [4.78, 5) is 0. The van der Waals surface area contributed by atoms with Gasteiger partial charge in [0.1, 0.15) is 11.3 Å². The smallest absolute Gasteiger partial charge is 0.346 e. The molecular formula is C34H32NO2P. The number of rotatable bonds is 1. The molecule has 0 N–H and O–H groups in total. The molecule has 1 aliphatic heterocycles. The predicted octanol–water partition coefficient (Wildman–Crippen LogP) is 10.4. The predicted molar refractivity (Wildman–Crippen MR) is 159 cm³/mol. The van der Waals surface area contributed by atoms with Crippen LogP contribution in [-0.2, 0) is 12.8 Å². The lowest BCUT2D eigenvalue weighted by atomic mass is 9.71. The third-order valence-electron chi connectivity index (χ3n) is 9.00. The largest absolute Gasteiger partial charge is 0.404 e. The Morgan fingerprint density at radius 2 is 1.45 bits per heavy atom. The second-order valence-electron chi connectivity index (χ2n) is 11.2. The molecule has 2 heterocycles. The van der Waals surface area contributed by atoms with Crippen molar-refractivity contribution in [1.82, 2.24) is 0 Å². The van der Waals surface area contributed by atoms with Crippen molar-refractivity contribution in [3.63, 3.8) is 0 Å². The molecule has 3 aromatic carbocycles. The normalized spacial score (nSPS) is 21.6. The van der Waals surface area contributed by atoms with Gasteiger partial charge in [0.25, 0.3) is 0 Å². The maximum Gasteiger partial charge on any atom is 0.346 e. The molecule has 1 saturated carbocycles. The Balaban J connectivity index is 1.46. The van der Waals surface area contributed by atoms with Crippen LogP contribution in [0.1, 0.15) is 78.0 Å². The first kappa shape index (κ1) is 22.6. The number of nitrogens with zero attached hydrogens (tertiary/aromatic N) is 1. The average molecular weight is 518 g/mol. The maximum absolute atomic E-state index is 7.08. The van der Waals surface area contributed by atoms with Crippen LogP contribution in [0.25, 0.3) is 29.2 Å². The lowest BCUT2D eigenvalue weighted by Crippen LogP contribution is -2.20. The van der Waals surface area contributed by atoms with Gasteiger partial charge < -0.3 is 8.39 Å². The van der Waals surface area contributed by atoms with Gasteiger partial charge >= 0.3 is 8.16 Å². The first-order chi connectivity index (χ1) is 18.8. The molecule has 0 saturated heterocycles. The van der Waals surface area contributed by atoms with Gasteiger partial charge in [-0.25, -0.2) is 4.67 Å². The van der Waals surface area contributed by atoms with Gasteiger partial charge in [-0.2, -0.15) is 0 Å². The van der Waals surface area contributed by atoms with Crippen molar-refractivity contribution in [2.45, 2.75) is 57.3 Å². The number of hydrogen-bond acceptors (Lipinski definition) is 3. The van der Waals surface area contributed by atoms with Gasteiger partial charge in [-0.15, -0.1) is 0 Å². The number of para-hydroxylation sites is 2. The highest BCUT2D eigenvalue weighted by atomic mass is 31.1. The summed E-state index contributed by atoms with van der Waals surface area (Å²) >= 11 is 0. The zero-order valence-corrected chi connectivity index (χ0v) is 22.5. The second-order valence-corrected chi connectivity index (χ2v) is 12.4. The number of fused-ring (bicyclic) bond motifs is 9. The first-order valence-electron chi connectivity index (χ1n) is 14.2. The number of benzene rings is 3. The van der Waals surface area contributed by atoms with Crippen molar-refractivity contribution in [3.05, 3.63) is 100 Å². The van der Waals surface area contributed by atoms with E-state index in [1.54, 1.807) is 0 Å². The summed E-state index contributed by atoms with van der Waals surface area (Å²) in [5.74, 6) is 2.15. The van der Waals surface area contributed by atoms with E-state index in [1.807, 2.05) is 0 Å². The van der Waals surface area contributed by atoms with E-state index in [9.17, 15) is 0 Å². The summed E-state index contributed by atoms with van der Waals surface area (Å²) in [5.41, 5.74) is 10.0. The van der Waals surface area contributed by atoms with Gasteiger partial charge in [0, 0.05) is 10.9 Å². The molecule has 0 spiro atoms. The van der Waals surface area contributed by atoms with Gasteiger partial charge in [0.2, 0.25) is 0 Å². The highest BCUT2D eigenvalue weighted by Crippen LogP contribution is 2.53. The Labute approximate surface area is 225 Å². The zero-order chi connectivity index (χ0) is 25.1. The third kappa shape index (κ3) is 3.56. The molecule has 1 fully saturated rings. The number of allylic oxidation sites excluding steroid dienone is 1. The number of hydrogen-bond donors (Lipinski definition) is 0. The van der Waals surface area contributed by atoms with Crippen molar-refractivity contribution < 1.29 is 8.39 Å². The Kier molecular flexibility index (Phi) is 5.40. The molecule has 3 nitrogen and oxygen atoms in total. The summed E-state index contributed by atoms with van der Waals surface area (Å²) in [6, 6.07) is 21.8. The SMILES string of the molecule is C1=Cc2ccccc2N(p2oc3c(c4c5c(ccc4o2)CCCC5)C2CCCCC2C=C3)c2ccccc21. The van der Waals surface area contributed by atoms with Crippen LogP contribution in [0, 0.1) is 5.92 Å².